The van der Waals surface area contributed by atoms with Gasteiger partial charge in [-0.2, -0.15) is 0 Å². The molecule has 2 rings (SSSR count). The van der Waals surface area contributed by atoms with Gasteiger partial charge >= 0.3 is 0 Å². The Labute approximate surface area is 102 Å². The zero-order chi connectivity index (χ0) is 12.3. The van der Waals surface area contributed by atoms with E-state index in [9.17, 15) is 8.42 Å². The summed E-state index contributed by atoms with van der Waals surface area (Å²) in [6.07, 6.45) is 3.38. The largest absolute Gasteiger partial charge is 0.444 e. The van der Waals surface area contributed by atoms with Gasteiger partial charge in [0.2, 0.25) is 5.89 Å². The number of rotatable bonds is 5. The molecule has 1 aromatic heterocycles. The van der Waals surface area contributed by atoms with Gasteiger partial charge in [-0.25, -0.2) is 13.4 Å². The lowest BCUT2D eigenvalue weighted by Gasteiger charge is -2.02. The minimum Gasteiger partial charge on any atom is -0.444 e. The Kier molecular flexibility index (Phi) is 3.83. The molecule has 1 N–H and O–H groups in total. The lowest BCUT2D eigenvalue weighted by atomic mass is 10.1. The van der Waals surface area contributed by atoms with E-state index in [2.05, 4.69) is 17.2 Å². The Hall–Kier alpha value is -0.880. The predicted octanol–water partition coefficient (Wildman–Crippen LogP) is 1.08. The van der Waals surface area contributed by atoms with Crippen molar-refractivity contribution in [3.63, 3.8) is 0 Å². The molecule has 96 valence electrons. The Bertz CT molecular complexity index is 467. The molecule has 0 radical (unpaired) electrons. The van der Waals surface area contributed by atoms with E-state index in [1.165, 1.54) is 0 Å². The summed E-state index contributed by atoms with van der Waals surface area (Å²) in [5, 5.41) is 3.20. The van der Waals surface area contributed by atoms with Crippen molar-refractivity contribution in [3.8, 4) is 0 Å². The average molecular weight is 258 g/mol. The zero-order valence-corrected chi connectivity index (χ0v) is 10.8. The van der Waals surface area contributed by atoms with Gasteiger partial charge < -0.3 is 9.73 Å². The van der Waals surface area contributed by atoms with Crippen LogP contribution >= 0.6 is 0 Å². The Morgan fingerprint density at radius 1 is 1.59 bits per heavy atom. The molecule has 2 heterocycles. The van der Waals surface area contributed by atoms with Crippen molar-refractivity contribution in [2.45, 2.75) is 32.2 Å². The maximum atomic E-state index is 11.4. The monoisotopic (exact) mass is 258 g/mol. The molecular formula is C11H18N2O3S. The number of nitrogens with zero attached hydrogens (tertiary/aromatic N) is 1. The van der Waals surface area contributed by atoms with E-state index in [0.717, 1.165) is 13.0 Å². The molecule has 0 aromatic carbocycles. The van der Waals surface area contributed by atoms with Crippen LogP contribution in [0, 0.1) is 0 Å². The van der Waals surface area contributed by atoms with Gasteiger partial charge in [0.1, 0.15) is 5.76 Å². The van der Waals surface area contributed by atoms with Gasteiger partial charge in [0.15, 0.2) is 9.84 Å². The second kappa shape index (κ2) is 5.18. The highest BCUT2D eigenvalue weighted by Crippen LogP contribution is 2.29. The fourth-order valence-electron chi connectivity index (χ4n) is 1.99. The number of hydrogen-bond donors (Lipinski definition) is 1. The third kappa shape index (κ3) is 3.29. The molecule has 5 nitrogen and oxygen atoms in total. The smallest absolute Gasteiger partial charge is 0.208 e. The van der Waals surface area contributed by atoms with Crippen molar-refractivity contribution in [1.29, 1.82) is 0 Å². The second-order valence-electron chi connectivity index (χ2n) is 4.43. The van der Waals surface area contributed by atoms with Crippen LogP contribution in [0.4, 0.5) is 0 Å². The lowest BCUT2D eigenvalue weighted by Crippen LogP contribution is -2.13. The maximum Gasteiger partial charge on any atom is 0.208 e. The predicted molar refractivity (Wildman–Crippen MR) is 64.5 cm³/mol. The molecule has 1 aliphatic rings. The van der Waals surface area contributed by atoms with Gasteiger partial charge in [-0.1, -0.05) is 6.92 Å². The number of nitrogens with one attached hydrogen (secondary N) is 1. The molecule has 1 atom stereocenters. The third-order valence-corrected chi connectivity index (χ3v) is 4.68. The highest BCUT2D eigenvalue weighted by Gasteiger charge is 2.31. The summed E-state index contributed by atoms with van der Waals surface area (Å²) in [6.45, 7) is 3.63. The van der Waals surface area contributed by atoms with E-state index in [4.69, 9.17) is 4.42 Å². The van der Waals surface area contributed by atoms with E-state index < -0.39 is 9.84 Å². The quantitative estimate of drug-likeness (QED) is 0.800. The van der Waals surface area contributed by atoms with Crippen LogP contribution in [0.5, 0.6) is 0 Å². The Balaban J connectivity index is 1.94. The van der Waals surface area contributed by atoms with Crippen molar-refractivity contribution >= 4 is 9.84 Å². The number of hydrogen-bond acceptors (Lipinski definition) is 5. The SMILES string of the molecule is CCCNCc1ncc(C2CCS(=O)(=O)C2)o1. The topological polar surface area (TPSA) is 72.2 Å². The number of aromatic nitrogens is 1. The van der Waals surface area contributed by atoms with Crippen LogP contribution in [0.3, 0.4) is 0 Å². The first kappa shape index (κ1) is 12.6. The van der Waals surface area contributed by atoms with Gasteiger partial charge in [-0.05, 0) is 19.4 Å². The standard InChI is InChI=1S/C11H18N2O3S/c1-2-4-12-7-11-13-6-10(16-11)9-3-5-17(14,15)8-9/h6,9,12H,2-5,7-8H2,1H3. The summed E-state index contributed by atoms with van der Waals surface area (Å²) in [5.41, 5.74) is 0. The zero-order valence-electron chi connectivity index (χ0n) is 9.98. The molecule has 0 aliphatic carbocycles. The summed E-state index contributed by atoms with van der Waals surface area (Å²) in [6, 6.07) is 0. The summed E-state index contributed by atoms with van der Waals surface area (Å²) in [4.78, 5) is 4.16. The van der Waals surface area contributed by atoms with Crippen LogP contribution in [-0.4, -0.2) is 31.5 Å². The molecule has 0 saturated carbocycles. The maximum absolute atomic E-state index is 11.4. The highest BCUT2D eigenvalue weighted by atomic mass is 32.2. The van der Waals surface area contributed by atoms with Crippen molar-refractivity contribution in [1.82, 2.24) is 10.3 Å². The molecule has 1 aliphatic heterocycles. The molecule has 6 heteroatoms. The van der Waals surface area contributed by atoms with Gasteiger partial charge in [-0.3, -0.25) is 0 Å². The molecule has 1 saturated heterocycles. The Morgan fingerprint density at radius 3 is 3.06 bits per heavy atom. The van der Waals surface area contributed by atoms with Crippen molar-refractivity contribution in [3.05, 3.63) is 17.8 Å². The Morgan fingerprint density at radius 2 is 2.41 bits per heavy atom. The van der Waals surface area contributed by atoms with Gasteiger partial charge in [-0.15, -0.1) is 0 Å². The molecule has 1 aromatic rings. The summed E-state index contributed by atoms with van der Waals surface area (Å²) >= 11 is 0. The van der Waals surface area contributed by atoms with E-state index in [1.54, 1.807) is 6.20 Å². The van der Waals surface area contributed by atoms with E-state index in [-0.39, 0.29) is 17.4 Å². The fraction of sp³-hybridized carbons (Fsp3) is 0.727. The van der Waals surface area contributed by atoms with E-state index in [0.29, 0.717) is 24.6 Å². The van der Waals surface area contributed by atoms with Crippen LogP contribution in [0.25, 0.3) is 0 Å². The van der Waals surface area contributed by atoms with Crippen LogP contribution in [-0.2, 0) is 16.4 Å². The minimum atomic E-state index is -2.86. The van der Waals surface area contributed by atoms with Crippen LogP contribution in [0.15, 0.2) is 10.6 Å². The van der Waals surface area contributed by atoms with Gasteiger partial charge in [0, 0.05) is 5.92 Å². The average Bonchev–Trinajstić information content (AvgIpc) is 2.85. The number of sulfone groups is 1. The van der Waals surface area contributed by atoms with E-state index in [1.807, 2.05) is 0 Å². The minimum absolute atomic E-state index is 0.00701. The van der Waals surface area contributed by atoms with E-state index >= 15 is 0 Å². The molecule has 1 fully saturated rings. The number of oxazole rings is 1. The van der Waals surface area contributed by atoms with Crippen LogP contribution in [0.2, 0.25) is 0 Å². The third-order valence-electron chi connectivity index (χ3n) is 2.91. The highest BCUT2D eigenvalue weighted by molar-refractivity contribution is 7.91. The summed E-state index contributed by atoms with van der Waals surface area (Å²) in [5.74, 6) is 1.80. The summed E-state index contributed by atoms with van der Waals surface area (Å²) in [7, 11) is -2.86. The second-order valence-corrected chi connectivity index (χ2v) is 6.66. The molecule has 1 unspecified atom stereocenters. The molecule has 17 heavy (non-hydrogen) atoms. The normalized spacial score (nSPS) is 23.0. The van der Waals surface area contributed by atoms with Gasteiger partial charge in [0.05, 0.1) is 24.2 Å². The lowest BCUT2D eigenvalue weighted by molar-refractivity contribution is 0.418. The van der Waals surface area contributed by atoms with Gasteiger partial charge in [0.25, 0.3) is 0 Å². The summed E-state index contributed by atoms with van der Waals surface area (Å²) < 4.78 is 28.3. The van der Waals surface area contributed by atoms with Crippen LogP contribution in [0.1, 0.15) is 37.3 Å². The fourth-order valence-corrected chi connectivity index (χ4v) is 3.74. The first-order valence-electron chi connectivity index (χ1n) is 5.96. The first-order chi connectivity index (χ1) is 8.11. The van der Waals surface area contributed by atoms with Crippen molar-refractivity contribution < 1.29 is 12.8 Å². The van der Waals surface area contributed by atoms with Crippen LogP contribution < -0.4 is 5.32 Å². The molecule has 0 spiro atoms. The molecular weight excluding hydrogens is 240 g/mol. The van der Waals surface area contributed by atoms with Crippen molar-refractivity contribution in [2.75, 3.05) is 18.1 Å². The molecule has 0 amide bonds. The van der Waals surface area contributed by atoms with Crippen molar-refractivity contribution in [2.24, 2.45) is 0 Å². The molecule has 0 bridgehead atoms. The first-order valence-corrected chi connectivity index (χ1v) is 7.78.